The van der Waals surface area contributed by atoms with Crippen LogP contribution in [0.3, 0.4) is 0 Å². The maximum Gasteiger partial charge on any atom is 1.00 e. The summed E-state index contributed by atoms with van der Waals surface area (Å²) in [5.41, 5.74) is 0. The molecule has 82 valence electrons. The molecule has 0 bridgehead atoms. The van der Waals surface area contributed by atoms with Gasteiger partial charge in [0.25, 0.3) is 0 Å². The molecule has 0 aliphatic heterocycles. The van der Waals surface area contributed by atoms with Crippen molar-refractivity contribution in [1.82, 2.24) is 0 Å². The van der Waals surface area contributed by atoms with Gasteiger partial charge >= 0.3 is 29.6 Å². The van der Waals surface area contributed by atoms with Crippen LogP contribution in [0, 0.1) is 0 Å². The fourth-order valence-corrected chi connectivity index (χ4v) is 1.60. The zero-order valence-corrected chi connectivity index (χ0v) is 12.1. The van der Waals surface area contributed by atoms with E-state index in [1.165, 1.54) is 12.1 Å². The molecule has 2 aromatic carbocycles. The molecular weight excluding hydrogens is 247 g/mol. The molecule has 17 heavy (non-hydrogen) atoms. The van der Waals surface area contributed by atoms with Gasteiger partial charge in [-0.15, -0.1) is 0 Å². The van der Waals surface area contributed by atoms with Gasteiger partial charge in [-0.2, -0.15) is 0 Å². The molecule has 0 fully saturated rings. The summed E-state index contributed by atoms with van der Waals surface area (Å²) in [5.74, 6) is 1.33. The third kappa shape index (κ3) is 4.26. The van der Waals surface area contributed by atoms with E-state index in [0.717, 1.165) is 5.75 Å². The van der Waals surface area contributed by atoms with Crippen molar-refractivity contribution in [1.29, 1.82) is 0 Å². The summed E-state index contributed by atoms with van der Waals surface area (Å²) in [4.78, 5) is 0.250. The Morgan fingerprint density at radius 1 is 0.882 bits per heavy atom. The second-order valence-electron chi connectivity index (χ2n) is 3.12. The molecule has 2 rings (SSSR count). The van der Waals surface area contributed by atoms with Gasteiger partial charge in [0.15, 0.2) is 0 Å². The second kappa shape index (κ2) is 6.93. The van der Waals surface area contributed by atoms with Crippen LogP contribution < -0.4 is 34.3 Å². The van der Waals surface area contributed by atoms with Crippen molar-refractivity contribution in [3.05, 3.63) is 54.6 Å². The predicted molar refractivity (Wildman–Crippen MR) is 60.1 cm³/mol. The Balaban J connectivity index is 0.00000144. The van der Waals surface area contributed by atoms with Gasteiger partial charge in [0.2, 0.25) is 0 Å². The summed E-state index contributed by atoms with van der Waals surface area (Å²) in [6.45, 7) is 0. The van der Waals surface area contributed by atoms with Crippen molar-refractivity contribution in [2.75, 3.05) is 0 Å². The number of para-hydroxylation sites is 1. The Hall–Kier alpha value is -0.650. The van der Waals surface area contributed by atoms with Crippen molar-refractivity contribution in [2.45, 2.75) is 4.90 Å². The smallest absolute Gasteiger partial charge is 0.768 e. The Morgan fingerprint density at radius 3 is 1.94 bits per heavy atom. The van der Waals surface area contributed by atoms with E-state index in [0.29, 0.717) is 5.75 Å². The van der Waals surface area contributed by atoms with Gasteiger partial charge in [0, 0.05) is 4.90 Å². The van der Waals surface area contributed by atoms with E-state index in [1.54, 1.807) is 12.1 Å². The summed E-state index contributed by atoms with van der Waals surface area (Å²) < 4.78 is 26.8. The standard InChI is InChI=1S/C12H10O3S.Na/c13-16(14)12-8-6-11(7-9-12)15-10-4-2-1-3-5-10;/h1-9H,(H,13,14);/q;+1/p-1. The fourth-order valence-electron chi connectivity index (χ4n) is 1.24. The normalized spacial score (nSPS) is 11.4. The number of rotatable bonds is 3. The molecule has 0 heterocycles. The van der Waals surface area contributed by atoms with Crippen LogP contribution in [0.25, 0.3) is 0 Å². The van der Waals surface area contributed by atoms with Crippen LogP contribution in [0.2, 0.25) is 0 Å². The molecule has 0 aliphatic carbocycles. The third-order valence-electron chi connectivity index (χ3n) is 2.00. The maximum absolute atomic E-state index is 10.6. The van der Waals surface area contributed by atoms with E-state index in [9.17, 15) is 8.76 Å². The van der Waals surface area contributed by atoms with Crippen LogP contribution in [-0.4, -0.2) is 8.76 Å². The number of benzene rings is 2. The van der Waals surface area contributed by atoms with E-state index in [2.05, 4.69) is 0 Å². The van der Waals surface area contributed by atoms with Gasteiger partial charge < -0.3 is 9.29 Å². The van der Waals surface area contributed by atoms with Gasteiger partial charge in [-0.3, -0.25) is 4.21 Å². The van der Waals surface area contributed by atoms with Crippen molar-refractivity contribution in [2.24, 2.45) is 0 Å². The molecule has 0 amide bonds. The Labute approximate surface area is 124 Å². The molecule has 3 nitrogen and oxygen atoms in total. The van der Waals surface area contributed by atoms with Crippen molar-refractivity contribution in [3.8, 4) is 11.5 Å². The molecule has 0 aromatic heterocycles. The summed E-state index contributed by atoms with van der Waals surface area (Å²) in [5, 5.41) is 0. The number of hydrogen-bond donors (Lipinski definition) is 0. The third-order valence-corrected chi connectivity index (χ3v) is 2.65. The first-order valence-electron chi connectivity index (χ1n) is 4.68. The largest absolute Gasteiger partial charge is 1.00 e. The molecule has 2 aromatic rings. The molecule has 0 N–H and O–H groups in total. The van der Waals surface area contributed by atoms with Crippen LogP contribution >= 0.6 is 0 Å². The summed E-state index contributed by atoms with van der Waals surface area (Å²) in [6, 6.07) is 15.6. The first kappa shape index (κ1) is 14.4. The molecule has 1 atom stereocenters. The van der Waals surface area contributed by atoms with Crippen LogP contribution in [-0.2, 0) is 11.1 Å². The van der Waals surface area contributed by atoms with Crippen LogP contribution in [0.15, 0.2) is 59.5 Å². The van der Waals surface area contributed by atoms with E-state index >= 15 is 0 Å². The quantitative estimate of drug-likeness (QED) is 0.560. The Kier molecular flexibility index (Phi) is 5.88. The summed E-state index contributed by atoms with van der Waals surface area (Å²) >= 11 is -2.19. The average molecular weight is 256 g/mol. The van der Waals surface area contributed by atoms with Gasteiger partial charge in [-0.25, -0.2) is 0 Å². The minimum Gasteiger partial charge on any atom is -0.768 e. The molecule has 0 radical (unpaired) electrons. The van der Waals surface area contributed by atoms with E-state index < -0.39 is 11.1 Å². The number of hydrogen-bond acceptors (Lipinski definition) is 3. The molecule has 0 aliphatic rings. The summed E-state index contributed by atoms with van der Waals surface area (Å²) in [6.07, 6.45) is 0. The minimum absolute atomic E-state index is 0. The first-order valence-corrected chi connectivity index (χ1v) is 5.75. The Morgan fingerprint density at radius 2 is 1.41 bits per heavy atom. The summed E-state index contributed by atoms with van der Waals surface area (Å²) in [7, 11) is 0. The van der Waals surface area contributed by atoms with E-state index in [1.807, 2.05) is 30.3 Å². The Bertz CT molecular complexity index is 485. The second-order valence-corrected chi connectivity index (χ2v) is 4.06. The molecule has 0 saturated heterocycles. The van der Waals surface area contributed by atoms with E-state index in [-0.39, 0.29) is 34.5 Å². The molecule has 5 heteroatoms. The van der Waals surface area contributed by atoms with Gasteiger partial charge in [-0.05, 0) is 47.5 Å². The van der Waals surface area contributed by atoms with Crippen molar-refractivity contribution >= 4 is 11.1 Å². The van der Waals surface area contributed by atoms with E-state index in [4.69, 9.17) is 4.74 Å². The SMILES string of the molecule is O=S([O-])c1ccc(Oc2ccccc2)cc1.[Na+]. The van der Waals surface area contributed by atoms with Gasteiger partial charge in [0.05, 0.1) is 0 Å². The van der Waals surface area contributed by atoms with Gasteiger partial charge in [0.1, 0.15) is 11.5 Å². The van der Waals surface area contributed by atoms with Crippen molar-refractivity contribution < 1.29 is 43.1 Å². The van der Waals surface area contributed by atoms with Gasteiger partial charge in [-0.1, -0.05) is 18.2 Å². The zero-order chi connectivity index (χ0) is 11.4. The van der Waals surface area contributed by atoms with Crippen LogP contribution in [0.5, 0.6) is 11.5 Å². The first-order chi connectivity index (χ1) is 7.75. The molecule has 0 spiro atoms. The van der Waals surface area contributed by atoms with Crippen LogP contribution in [0.4, 0.5) is 0 Å². The minimum atomic E-state index is -2.19. The van der Waals surface area contributed by atoms with Crippen molar-refractivity contribution in [3.63, 3.8) is 0 Å². The zero-order valence-electron chi connectivity index (χ0n) is 9.33. The molecule has 1 unspecified atom stereocenters. The molecular formula is C12H9NaO3S. The fraction of sp³-hybridized carbons (Fsp3) is 0. The topological polar surface area (TPSA) is 49.4 Å². The predicted octanol–water partition coefficient (Wildman–Crippen LogP) is -0.279. The monoisotopic (exact) mass is 256 g/mol. The van der Waals surface area contributed by atoms with Crippen LogP contribution in [0.1, 0.15) is 0 Å². The molecule has 0 saturated carbocycles. The number of ether oxygens (including phenoxy) is 1. The average Bonchev–Trinajstić information content (AvgIpc) is 2.31. The maximum atomic E-state index is 10.6.